The summed E-state index contributed by atoms with van der Waals surface area (Å²) in [5, 5.41) is 2.94. The number of halogens is 3. The van der Waals surface area contributed by atoms with Crippen molar-refractivity contribution in [1.29, 1.82) is 0 Å². The number of rotatable bonds is 2. The van der Waals surface area contributed by atoms with Crippen LogP contribution in [0, 0.1) is 0 Å². The molecule has 0 atom stereocenters. The number of anilines is 1. The minimum absolute atomic E-state index is 0.141. The van der Waals surface area contributed by atoms with E-state index in [1.807, 2.05) is 0 Å². The van der Waals surface area contributed by atoms with Gasteiger partial charge in [-0.2, -0.15) is 13.2 Å². The van der Waals surface area contributed by atoms with Crippen LogP contribution in [0.4, 0.5) is 18.9 Å². The average molecular weight is 316 g/mol. The molecule has 3 rings (SSSR count). The van der Waals surface area contributed by atoms with Gasteiger partial charge in [0.15, 0.2) is 0 Å². The fourth-order valence-electron chi connectivity index (χ4n) is 2.25. The van der Waals surface area contributed by atoms with Gasteiger partial charge in [0.1, 0.15) is 0 Å². The SMILES string of the molecule is O=C(Nc1cnc2c(C(F)(F)F)cccc2c1)c1ccccc1. The number of alkyl halides is 3. The number of pyridine rings is 1. The molecule has 23 heavy (non-hydrogen) atoms. The van der Waals surface area contributed by atoms with Gasteiger partial charge >= 0.3 is 6.18 Å². The van der Waals surface area contributed by atoms with Crippen molar-refractivity contribution >= 4 is 22.5 Å². The van der Waals surface area contributed by atoms with Crippen LogP contribution in [0.1, 0.15) is 15.9 Å². The Kier molecular flexibility index (Phi) is 3.73. The molecule has 0 unspecified atom stereocenters. The molecule has 6 heteroatoms. The molecule has 2 aromatic carbocycles. The van der Waals surface area contributed by atoms with Crippen molar-refractivity contribution < 1.29 is 18.0 Å². The van der Waals surface area contributed by atoms with Crippen molar-refractivity contribution in [2.45, 2.75) is 6.18 Å². The van der Waals surface area contributed by atoms with Gasteiger partial charge in [0, 0.05) is 10.9 Å². The molecular weight excluding hydrogens is 305 g/mol. The van der Waals surface area contributed by atoms with Crippen molar-refractivity contribution in [1.82, 2.24) is 4.98 Å². The van der Waals surface area contributed by atoms with Gasteiger partial charge in [-0.05, 0) is 24.3 Å². The van der Waals surface area contributed by atoms with Crippen LogP contribution in [-0.4, -0.2) is 10.9 Å². The second-order valence-electron chi connectivity index (χ2n) is 4.92. The van der Waals surface area contributed by atoms with Crippen LogP contribution in [0.2, 0.25) is 0 Å². The Labute approximate surface area is 129 Å². The molecule has 0 fully saturated rings. The molecule has 1 amide bonds. The van der Waals surface area contributed by atoms with E-state index in [2.05, 4.69) is 10.3 Å². The summed E-state index contributed by atoms with van der Waals surface area (Å²) in [5.74, 6) is -0.348. The Morgan fingerprint density at radius 2 is 1.74 bits per heavy atom. The fraction of sp³-hybridized carbons (Fsp3) is 0.0588. The maximum absolute atomic E-state index is 12.9. The predicted molar refractivity (Wildman–Crippen MR) is 81.1 cm³/mol. The maximum Gasteiger partial charge on any atom is 0.418 e. The molecule has 0 radical (unpaired) electrons. The highest BCUT2D eigenvalue weighted by molar-refractivity contribution is 6.04. The van der Waals surface area contributed by atoms with E-state index >= 15 is 0 Å². The van der Waals surface area contributed by atoms with E-state index in [0.29, 0.717) is 16.6 Å². The largest absolute Gasteiger partial charge is 0.418 e. The lowest BCUT2D eigenvalue weighted by Gasteiger charge is -2.11. The van der Waals surface area contributed by atoms with Crippen LogP contribution >= 0.6 is 0 Å². The van der Waals surface area contributed by atoms with Crippen LogP contribution in [0.5, 0.6) is 0 Å². The highest BCUT2D eigenvalue weighted by Crippen LogP contribution is 2.34. The maximum atomic E-state index is 12.9. The second kappa shape index (κ2) is 5.72. The lowest BCUT2D eigenvalue weighted by atomic mass is 10.1. The third-order valence-corrected chi connectivity index (χ3v) is 3.31. The van der Waals surface area contributed by atoms with Crippen LogP contribution in [0.25, 0.3) is 10.9 Å². The molecule has 116 valence electrons. The van der Waals surface area contributed by atoms with Gasteiger partial charge in [-0.1, -0.05) is 30.3 Å². The zero-order valence-electron chi connectivity index (χ0n) is 11.8. The van der Waals surface area contributed by atoms with Crippen LogP contribution in [0.15, 0.2) is 60.8 Å². The number of hydrogen-bond acceptors (Lipinski definition) is 2. The minimum atomic E-state index is -4.47. The van der Waals surface area contributed by atoms with Crippen molar-refractivity contribution in [2.24, 2.45) is 0 Å². The molecule has 0 saturated heterocycles. The number of aromatic nitrogens is 1. The number of para-hydroxylation sites is 1. The predicted octanol–water partition coefficient (Wildman–Crippen LogP) is 4.51. The highest BCUT2D eigenvalue weighted by atomic mass is 19.4. The third-order valence-electron chi connectivity index (χ3n) is 3.31. The number of nitrogens with one attached hydrogen (secondary N) is 1. The molecule has 3 aromatic rings. The third kappa shape index (κ3) is 3.15. The summed E-state index contributed by atoms with van der Waals surface area (Å²) in [7, 11) is 0. The first kappa shape index (κ1) is 15.0. The fourth-order valence-corrected chi connectivity index (χ4v) is 2.25. The first-order chi connectivity index (χ1) is 10.9. The first-order valence-corrected chi connectivity index (χ1v) is 6.77. The summed E-state index contributed by atoms with van der Waals surface area (Å²) >= 11 is 0. The van der Waals surface area contributed by atoms with Crippen molar-refractivity contribution in [2.75, 3.05) is 5.32 Å². The topological polar surface area (TPSA) is 42.0 Å². The molecule has 0 bridgehead atoms. The molecule has 0 aliphatic carbocycles. The number of nitrogens with zero attached hydrogens (tertiary/aromatic N) is 1. The number of carbonyl (C=O) groups excluding carboxylic acids is 1. The standard InChI is InChI=1S/C17H11F3N2O/c18-17(19,20)14-8-4-7-12-9-13(10-21-15(12)14)22-16(23)11-5-2-1-3-6-11/h1-10H,(H,22,23). The Balaban J connectivity index is 1.94. The molecule has 1 N–H and O–H groups in total. The van der Waals surface area contributed by atoms with Crippen LogP contribution < -0.4 is 5.32 Å². The van der Waals surface area contributed by atoms with Gasteiger partial charge in [0.05, 0.1) is 23.0 Å². The van der Waals surface area contributed by atoms with Crippen molar-refractivity contribution in [3.05, 3.63) is 71.9 Å². The second-order valence-corrected chi connectivity index (χ2v) is 4.92. The van der Waals surface area contributed by atoms with Crippen LogP contribution in [-0.2, 0) is 6.18 Å². The lowest BCUT2D eigenvalue weighted by Crippen LogP contribution is -2.12. The average Bonchev–Trinajstić information content (AvgIpc) is 2.54. The Hall–Kier alpha value is -2.89. The van der Waals surface area contributed by atoms with Crippen molar-refractivity contribution in [3.63, 3.8) is 0 Å². The zero-order chi connectivity index (χ0) is 16.4. The molecule has 0 aliphatic rings. The molecule has 0 aliphatic heterocycles. The molecule has 0 spiro atoms. The summed E-state index contributed by atoms with van der Waals surface area (Å²) < 4.78 is 38.8. The number of hydrogen-bond donors (Lipinski definition) is 1. The number of carbonyl (C=O) groups is 1. The lowest BCUT2D eigenvalue weighted by molar-refractivity contribution is -0.136. The van der Waals surface area contributed by atoms with E-state index in [9.17, 15) is 18.0 Å². The quantitative estimate of drug-likeness (QED) is 0.756. The summed E-state index contributed by atoms with van der Waals surface area (Å²) in [4.78, 5) is 15.9. The van der Waals surface area contributed by atoms with E-state index in [0.717, 1.165) is 6.07 Å². The number of fused-ring (bicyclic) bond motifs is 1. The monoisotopic (exact) mass is 316 g/mol. The smallest absolute Gasteiger partial charge is 0.321 e. The highest BCUT2D eigenvalue weighted by Gasteiger charge is 2.33. The zero-order valence-corrected chi connectivity index (χ0v) is 11.8. The Morgan fingerprint density at radius 1 is 1.00 bits per heavy atom. The first-order valence-electron chi connectivity index (χ1n) is 6.77. The summed E-state index contributed by atoms with van der Waals surface area (Å²) in [6.07, 6.45) is -3.25. The normalized spacial score (nSPS) is 11.4. The summed E-state index contributed by atoms with van der Waals surface area (Å²) in [5.41, 5.74) is -0.143. The van der Waals surface area contributed by atoms with E-state index in [1.54, 1.807) is 30.3 Å². The summed E-state index contributed by atoms with van der Waals surface area (Å²) in [6.45, 7) is 0. The Bertz CT molecular complexity index is 861. The minimum Gasteiger partial charge on any atom is -0.321 e. The van der Waals surface area contributed by atoms with E-state index in [-0.39, 0.29) is 11.4 Å². The van der Waals surface area contributed by atoms with Gasteiger partial charge < -0.3 is 5.32 Å². The molecular formula is C17H11F3N2O. The summed E-state index contributed by atoms with van der Waals surface area (Å²) in [6, 6.07) is 13.8. The Morgan fingerprint density at radius 3 is 2.43 bits per heavy atom. The molecule has 1 heterocycles. The van der Waals surface area contributed by atoms with Gasteiger partial charge in [-0.3, -0.25) is 9.78 Å². The molecule has 1 aromatic heterocycles. The van der Waals surface area contributed by atoms with Crippen molar-refractivity contribution in [3.8, 4) is 0 Å². The van der Waals surface area contributed by atoms with E-state index in [4.69, 9.17) is 0 Å². The van der Waals surface area contributed by atoms with Gasteiger partial charge in [0.25, 0.3) is 5.91 Å². The number of benzene rings is 2. The van der Waals surface area contributed by atoms with E-state index < -0.39 is 11.7 Å². The molecule has 3 nitrogen and oxygen atoms in total. The molecule has 0 saturated carbocycles. The van der Waals surface area contributed by atoms with Crippen LogP contribution in [0.3, 0.4) is 0 Å². The van der Waals surface area contributed by atoms with E-state index in [1.165, 1.54) is 24.4 Å². The van der Waals surface area contributed by atoms with Gasteiger partial charge in [-0.15, -0.1) is 0 Å². The van der Waals surface area contributed by atoms with Gasteiger partial charge in [0.2, 0.25) is 0 Å². The van der Waals surface area contributed by atoms with Gasteiger partial charge in [-0.25, -0.2) is 0 Å². The number of amides is 1.